The number of tetrazole rings is 1. The van der Waals surface area contributed by atoms with Crippen molar-refractivity contribution in [1.29, 1.82) is 0 Å². The number of nitrogens with zero attached hydrogens (tertiary/aromatic N) is 4. The second-order valence-electron chi connectivity index (χ2n) is 2.18. The average molecular weight is 188 g/mol. The second kappa shape index (κ2) is 3.53. The fourth-order valence-corrected chi connectivity index (χ4v) is 1.22. The molecule has 66 valence electrons. The Morgan fingerprint density at radius 1 is 1.75 bits per heavy atom. The molecule has 1 aromatic heterocycles. The van der Waals surface area contributed by atoms with E-state index in [1.54, 1.807) is 14.0 Å². The van der Waals surface area contributed by atoms with Gasteiger partial charge < -0.3 is 5.11 Å². The van der Waals surface area contributed by atoms with Crippen LogP contribution in [-0.2, 0) is 11.8 Å². The van der Waals surface area contributed by atoms with Crippen molar-refractivity contribution in [1.82, 2.24) is 20.2 Å². The maximum Gasteiger partial charge on any atom is 0.316 e. The first-order valence-electron chi connectivity index (χ1n) is 3.23. The van der Waals surface area contributed by atoms with E-state index in [4.69, 9.17) is 5.11 Å². The van der Waals surface area contributed by atoms with Gasteiger partial charge in [0.15, 0.2) is 0 Å². The van der Waals surface area contributed by atoms with Crippen LogP contribution >= 0.6 is 11.8 Å². The lowest BCUT2D eigenvalue weighted by atomic mass is 10.5. The normalized spacial score (nSPS) is 12.8. The van der Waals surface area contributed by atoms with Crippen molar-refractivity contribution in [2.75, 3.05) is 0 Å². The quantitative estimate of drug-likeness (QED) is 0.660. The largest absolute Gasteiger partial charge is 0.480 e. The Bertz CT molecular complexity index is 287. The van der Waals surface area contributed by atoms with Gasteiger partial charge in [0.2, 0.25) is 5.16 Å². The molecule has 7 heteroatoms. The van der Waals surface area contributed by atoms with Crippen molar-refractivity contribution in [3.63, 3.8) is 0 Å². The van der Waals surface area contributed by atoms with Crippen LogP contribution in [0.15, 0.2) is 5.16 Å². The summed E-state index contributed by atoms with van der Waals surface area (Å²) in [5.41, 5.74) is 0. The van der Waals surface area contributed by atoms with Gasteiger partial charge in [-0.05, 0) is 17.4 Å². The third kappa shape index (κ3) is 1.94. The average Bonchev–Trinajstić information content (AvgIpc) is 2.36. The molecule has 1 N–H and O–H groups in total. The predicted molar refractivity (Wildman–Crippen MR) is 41.8 cm³/mol. The Morgan fingerprint density at radius 2 is 2.42 bits per heavy atom. The molecule has 6 nitrogen and oxygen atoms in total. The minimum Gasteiger partial charge on any atom is -0.480 e. The zero-order valence-electron chi connectivity index (χ0n) is 6.63. The van der Waals surface area contributed by atoms with Crippen molar-refractivity contribution in [2.24, 2.45) is 7.05 Å². The van der Waals surface area contributed by atoms with E-state index in [9.17, 15) is 4.79 Å². The third-order valence-electron chi connectivity index (χ3n) is 1.21. The molecule has 0 fully saturated rings. The fraction of sp³-hybridized carbons (Fsp3) is 0.600. The van der Waals surface area contributed by atoms with Crippen LogP contribution in [0.25, 0.3) is 0 Å². The number of carboxylic acids is 1. The molecule has 0 unspecified atom stereocenters. The van der Waals surface area contributed by atoms with Crippen LogP contribution < -0.4 is 0 Å². The Morgan fingerprint density at radius 3 is 2.83 bits per heavy atom. The summed E-state index contributed by atoms with van der Waals surface area (Å²) in [6.45, 7) is 1.58. The number of hydrogen-bond acceptors (Lipinski definition) is 5. The Balaban J connectivity index is 2.64. The number of aliphatic carboxylic acids is 1. The molecule has 0 aliphatic rings. The first kappa shape index (κ1) is 8.98. The summed E-state index contributed by atoms with van der Waals surface area (Å²) >= 11 is 1.11. The van der Waals surface area contributed by atoms with Crippen molar-refractivity contribution >= 4 is 17.7 Å². The van der Waals surface area contributed by atoms with E-state index in [1.807, 2.05) is 0 Å². The topological polar surface area (TPSA) is 80.9 Å². The van der Waals surface area contributed by atoms with Gasteiger partial charge >= 0.3 is 5.97 Å². The third-order valence-corrected chi connectivity index (χ3v) is 2.32. The highest BCUT2D eigenvalue weighted by Gasteiger charge is 2.15. The number of aromatic nitrogens is 4. The molecule has 0 spiro atoms. The zero-order valence-corrected chi connectivity index (χ0v) is 7.45. The van der Waals surface area contributed by atoms with E-state index in [0.29, 0.717) is 5.16 Å². The molecule has 0 radical (unpaired) electrons. The van der Waals surface area contributed by atoms with Crippen LogP contribution in [0.4, 0.5) is 0 Å². The second-order valence-corrected chi connectivity index (χ2v) is 3.49. The van der Waals surface area contributed by atoms with E-state index in [-0.39, 0.29) is 0 Å². The minimum absolute atomic E-state index is 0.505. The van der Waals surface area contributed by atoms with Crippen LogP contribution in [0.2, 0.25) is 0 Å². The summed E-state index contributed by atoms with van der Waals surface area (Å²) < 4.78 is 1.43. The van der Waals surface area contributed by atoms with E-state index < -0.39 is 11.2 Å². The summed E-state index contributed by atoms with van der Waals surface area (Å²) in [6, 6.07) is 0. The molecule has 0 saturated carbocycles. The number of hydrogen-bond donors (Lipinski definition) is 1. The van der Waals surface area contributed by atoms with Crippen LogP contribution in [0, 0.1) is 0 Å². The number of aryl methyl sites for hydroxylation is 1. The highest BCUT2D eigenvalue weighted by Crippen LogP contribution is 2.18. The van der Waals surface area contributed by atoms with Crippen molar-refractivity contribution < 1.29 is 9.90 Å². The van der Waals surface area contributed by atoms with Crippen molar-refractivity contribution in [2.45, 2.75) is 17.3 Å². The molecule has 0 bridgehead atoms. The molecule has 0 aliphatic heterocycles. The molecule has 1 aromatic rings. The van der Waals surface area contributed by atoms with Crippen LogP contribution in [0.5, 0.6) is 0 Å². The lowest BCUT2D eigenvalue weighted by Crippen LogP contribution is -2.12. The molecule has 1 heterocycles. The first-order chi connectivity index (χ1) is 5.61. The Kier molecular flexibility index (Phi) is 2.64. The molecular formula is C5H8N4O2S. The molecule has 12 heavy (non-hydrogen) atoms. The molecule has 1 rings (SSSR count). The highest BCUT2D eigenvalue weighted by atomic mass is 32.2. The molecule has 0 aromatic carbocycles. The number of carbonyl (C=O) groups is 1. The summed E-state index contributed by atoms with van der Waals surface area (Å²) in [6.07, 6.45) is 0. The van der Waals surface area contributed by atoms with E-state index in [0.717, 1.165) is 11.8 Å². The SMILES string of the molecule is C[C@@H](Sc1nnnn1C)C(=O)O. The molecule has 0 saturated heterocycles. The zero-order chi connectivity index (χ0) is 9.14. The lowest BCUT2D eigenvalue weighted by molar-refractivity contribution is -0.136. The van der Waals surface area contributed by atoms with Gasteiger partial charge in [0.05, 0.1) is 0 Å². The molecule has 0 aliphatic carbocycles. The summed E-state index contributed by atoms with van der Waals surface area (Å²) in [4.78, 5) is 10.4. The van der Waals surface area contributed by atoms with E-state index in [2.05, 4.69) is 15.5 Å². The Labute approximate surface area is 73.0 Å². The number of thioether (sulfide) groups is 1. The van der Waals surface area contributed by atoms with Gasteiger partial charge in [-0.1, -0.05) is 11.8 Å². The molecule has 1 atom stereocenters. The maximum atomic E-state index is 10.4. The summed E-state index contributed by atoms with van der Waals surface area (Å²) in [5, 5.41) is 19.1. The van der Waals surface area contributed by atoms with Gasteiger partial charge in [0.25, 0.3) is 0 Å². The van der Waals surface area contributed by atoms with Crippen molar-refractivity contribution in [3.8, 4) is 0 Å². The van der Waals surface area contributed by atoms with Gasteiger partial charge in [-0.2, -0.15) is 0 Å². The maximum absolute atomic E-state index is 10.4. The minimum atomic E-state index is -0.872. The summed E-state index contributed by atoms with van der Waals surface area (Å²) in [5.74, 6) is -0.872. The standard InChI is InChI=1S/C5H8N4O2S/c1-3(4(10)11)12-5-6-7-8-9(5)2/h3H,1-2H3,(H,10,11)/t3-/m1/s1. The van der Waals surface area contributed by atoms with Crippen LogP contribution in [-0.4, -0.2) is 36.5 Å². The Hall–Kier alpha value is -1.11. The van der Waals surface area contributed by atoms with Gasteiger partial charge in [-0.25, -0.2) is 4.68 Å². The summed E-state index contributed by atoms with van der Waals surface area (Å²) in [7, 11) is 1.66. The van der Waals surface area contributed by atoms with Gasteiger partial charge in [0.1, 0.15) is 5.25 Å². The molecular weight excluding hydrogens is 180 g/mol. The number of carboxylic acid groups (broad SMARTS) is 1. The van der Waals surface area contributed by atoms with Crippen molar-refractivity contribution in [3.05, 3.63) is 0 Å². The van der Waals surface area contributed by atoms with E-state index >= 15 is 0 Å². The smallest absolute Gasteiger partial charge is 0.316 e. The first-order valence-corrected chi connectivity index (χ1v) is 4.11. The van der Waals surface area contributed by atoms with E-state index in [1.165, 1.54) is 4.68 Å². The monoisotopic (exact) mass is 188 g/mol. The van der Waals surface area contributed by atoms with Gasteiger partial charge in [0, 0.05) is 7.05 Å². The lowest BCUT2D eigenvalue weighted by Gasteiger charge is -2.02. The number of rotatable bonds is 3. The van der Waals surface area contributed by atoms with Crippen LogP contribution in [0.1, 0.15) is 6.92 Å². The van der Waals surface area contributed by atoms with Crippen LogP contribution in [0.3, 0.4) is 0 Å². The van der Waals surface area contributed by atoms with Gasteiger partial charge in [-0.15, -0.1) is 5.10 Å². The predicted octanol–water partition coefficient (Wildman–Crippen LogP) is -0.225. The van der Waals surface area contributed by atoms with Gasteiger partial charge in [-0.3, -0.25) is 4.79 Å². The highest BCUT2D eigenvalue weighted by molar-refractivity contribution is 8.00. The molecule has 0 amide bonds. The fourth-order valence-electron chi connectivity index (χ4n) is 0.530.